The molecule has 2 aliphatic heterocycles. The molecule has 0 radical (unpaired) electrons. The van der Waals surface area contributed by atoms with Crippen molar-refractivity contribution >= 4 is 90.3 Å². The van der Waals surface area contributed by atoms with Crippen LogP contribution in [0.3, 0.4) is 0 Å². The molecule has 10 aromatic rings. The van der Waals surface area contributed by atoms with Crippen LogP contribution in [0.5, 0.6) is 0 Å². The second kappa shape index (κ2) is 14.7. The summed E-state index contributed by atoms with van der Waals surface area (Å²) in [5.41, 5.74) is 22.7. The van der Waals surface area contributed by atoms with E-state index in [0.29, 0.717) is 0 Å². The van der Waals surface area contributed by atoms with Gasteiger partial charge >= 0.3 is 0 Å². The zero-order valence-electron chi connectivity index (χ0n) is 40.1. The Hall–Kier alpha value is -7.18. The smallest absolute Gasteiger partial charge is 0.257 e. The van der Waals surface area contributed by atoms with E-state index < -0.39 is 0 Å². The third-order valence-corrected chi connectivity index (χ3v) is 14.5. The predicted molar refractivity (Wildman–Crippen MR) is 282 cm³/mol. The molecule has 0 N–H and O–H groups in total. The molecule has 0 saturated carbocycles. The maximum absolute atomic E-state index is 7.34. The normalized spacial score (nSPS) is 13.6. The van der Waals surface area contributed by atoms with Gasteiger partial charge in [-0.25, -0.2) is 0 Å². The number of hydrogen-bond donors (Lipinski definition) is 0. The van der Waals surface area contributed by atoms with E-state index in [0.717, 1.165) is 78.1 Å². The lowest BCUT2D eigenvalue weighted by atomic mass is 9.33. The lowest BCUT2D eigenvalue weighted by Crippen LogP contribution is -2.61. The summed E-state index contributed by atoms with van der Waals surface area (Å²) in [7, 11) is 0. The van der Waals surface area contributed by atoms with Crippen LogP contribution >= 0.6 is 0 Å². The van der Waals surface area contributed by atoms with Gasteiger partial charge in [0.25, 0.3) is 6.71 Å². The molecule has 5 nitrogen and oxygen atoms in total. The molecule has 2 aliphatic rings. The lowest BCUT2D eigenvalue weighted by molar-refractivity contribution is 0.589. The van der Waals surface area contributed by atoms with Crippen LogP contribution < -0.4 is 26.2 Å². The summed E-state index contributed by atoms with van der Waals surface area (Å²) in [5.74, 6) is 1.14. The van der Waals surface area contributed by atoms with Crippen LogP contribution in [0.1, 0.15) is 89.1 Å². The number of rotatable bonds is 5. The number of anilines is 6. The summed E-state index contributed by atoms with van der Waals surface area (Å²) in [6.45, 7) is 22.8. The molecular formula is C61H55BN2O3. The van der Waals surface area contributed by atoms with Gasteiger partial charge in [0.1, 0.15) is 16.7 Å². The highest BCUT2D eigenvalue weighted by Gasteiger charge is 2.47. The summed E-state index contributed by atoms with van der Waals surface area (Å²) in [5, 5.41) is 3.36. The topological polar surface area (TPSA) is 45.9 Å². The van der Waals surface area contributed by atoms with E-state index in [2.05, 4.69) is 188 Å². The fourth-order valence-corrected chi connectivity index (χ4v) is 10.9. The van der Waals surface area contributed by atoms with Crippen LogP contribution in [0, 0.1) is 13.8 Å². The number of benzene rings is 7. The van der Waals surface area contributed by atoms with E-state index in [1.54, 1.807) is 0 Å². The second-order valence-corrected chi connectivity index (χ2v) is 21.3. The van der Waals surface area contributed by atoms with Gasteiger partial charge in [-0.15, -0.1) is 0 Å². The van der Waals surface area contributed by atoms with Crippen molar-refractivity contribution in [2.75, 3.05) is 9.80 Å². The van der Waals surface area contributed by atoms with Crippen LogP contribution in [0.15, 0.2) is 159 Å². The number of para-hydroxylation sites is 2. The zero-order valence-corrected chi connectivity index (χ0v) is 40.1. The third-order valence-electron chi connectivity index (χ3n) is 14.5. The van der Waals surface area contributed by atoms with Crippen molar-refractivity contribution in [1.29, 1.82) is 0 Å². The van der Waals surface area contributed by atoms with E-state index in [1.165, 1.54) is 55.6 Å². The molecule has 0 spiro atoms. The molecule has 6 heteroatoms. The highest BCUT2D eigenvalue weighted by atomic mass is 16.4. The minimum atomic E-state index is -0.149. The predicted octanol–water partition coefficient (Wildman–Crippen LogP) is 15.7. The zero-order chi connectivity index (χ0) is 46.3. The number of fused-ring (bicyclic) bond motifs is 8. The van der Waals surface area contributed by atoms with Crippen molar-refractivity contribution < 1.29 is 13.3 Å². The second-order valence-electron chi connectivity index (χ2n) is 21.3. The van der Waals surface area contributed by atoms with Gasteiger partial charge in [-0.1, -0.05) is 134 Å². The monoisotopic (exact) mass is 874 g/mol. The molecule has 7 aromatic carbocycles. The Balaban J connectivity index is 1.18. The van der Waals surface area contributed by atoms with Gasteiger partial charge in [-0.2, -0.15) is 0 Å². The Morgan fingerprint density at radius 1 is 0.507 bits per heavy atom. The summed E-state index contributed by atoms with van der Waals surface area (Å²) in [6, 6.07) is 49.3. The van der Waals surface area contributed by atoms with Gasteiger partial charge in [0.05, 0.1) is 18.2 Å². The van der Waals surface area contributed by atoms with E-state index in [4.69, 9.17) is 13.3 Å². The quantitative estimate of drug-likeness (QED) is 0.161. The molecule has 67 heavy (non-hydrogen) atoms. The molecule has 3 aromatic heterocycles. The standard InChI is InChI=1S/C61H55BN2O3/c1-35(2)40-30-51-57-52(31-40)64(58-36(3)27-42(28-37(58)4)61(8,9)10)59-56(46-32-41(60(5,6)7)22-26-55(46)67-59)62(57)49-29-39(48-34-66-54-18-14-12-16-45(48)54)21-25-50(49)63(51)43-23-19-38(20-24-43)47-33-65-53-17-13-11-15-44(47)53/h11-35H,1-10H3. The van der Waals surface area contributed by atoms with Gasteiger partial charge in [0, 0.05) is 55.5 Å². The Kier molecular flexibility index (Phi) is 9.03. The lowest BCUT2D eigenvalue weighted by Gasteiger charge is -2.43. The van der Waals surface area contributed by atoms with E-state index in [-0.39, 0.29) is 23.5 Å². The highest BCUT2D eigenvalue weighted by Crippen LogP contribution is 2.50. The van der Waals surface area contributed by atoms with E-state index in [1.807, 2.05) is 36.8 Å². The number of hydrogen-bond acceptors (Lipinski definition) is 5. The first kappa shape index (κ1) is 41.3. The molecule has 0 amide bonds. The Labute approximate surface area is 393 Å². The van der Waals surface area contributed by atoms with Crippen LogP contribution in [0.2, 0.25) is 0 Å². The van der Waals surface area contributed by atoms with Crippen molar-refractivity contribution in [2.45, 2.75) is 86.0 Å². The maximum Gasteiger partial charge on any atom is 0.257 e. The fraction of sp³-hybridized carbons (Fsp3) is 0.213. The first-order valence-electron chi connectivity index (χ1n) is 23.8. The molecule has 0 saturated heterocycles. The molecule has 330 valence electrons. The average Bonchev–Trinajstić information content (AvgIpc) is 4.04. The van der Waals surface area contributed by atoms with Crippen molar-refractivity contribution in [3.05, 3.63) is 174 Å². The van der Waals surface area contributed by atoms with Crippen LogP contribution in [-0.4, -0.2) is 6.71 Å². The van der Waals surface area contributed by atoms with Gasteiger partial charge in [0.2, 0.25) is 5.88 Å². The minimum absolute atomic E-state index is 0.00582. The maximum atomic E-state index is 7.34. The van der Waals surface area contributed by atoms with Gasteiger partial charge in [-0.05, 0) is 135 Å². The first-order valence-corrected chi connectivity index (χ1v) is 23.8. The molecule has 0 atom stereocenters. The van der Waals surface area contributed by atoms with E-state index in [9.17, 15) is 0 Å². The van der Waals surface area contributed by atoms with Gasteiger partial charge < -0.3 is 18.2 Å². The number of aryl methyl sites for hydroxylation is 2. The van der Waals surface area contributed by atoms with Crippen LogP contribution in [0.25, 0.3) is 55.2 Å². The summed E-state index contributed by atoms with van der Waals surface area (Å²) >= 11 is 0. The summed E-state index contributed by atoms with van der Waals surface area (Å²) in [4.78, 5) is 4.99. The fourth-order valence-electron chi connectivity index (χ4n) is 10.9. The summed E-state index contributed by atoms with van der Waals surface area (Å²) < 4.78 is 19.6. The molecule has 0 unspecified atom stereocenters. The van der Waals surface area contributed by atoms with Crippen molar-refractivity contribution in [1.82, 2.24) is 0 Å². The van der Waals surface area contributed by atoms with Crippen molar-refractivity contribution in [3.8, 4) is 22.3 Å². The summed E-state index contributed by atoms with van der Waals surface area (Å²) in [6.07, 6.45) is 3.80. The Morgan fingerprint density at radius 2 is 1.09 bits per heavy atom. The molecule has 0 bridgehead atoms. The highest BCUT2D eigenvalue weighted by molar-refractivity contribution is 7.01. The molecule has 5 heterocycles. The van der Waals surface area contributed by atoms with E-state index >= 15 is 0 Å². The Morgan fingerprint density at radius 3 is 1.70 bits per heavy atom. The third kappa shape index (κ3) is 6.36. The average molecular weight is 875 g/mol. The molecule has 12 rings (SSSR count). The van der Waals surface area contributed by atoms with Gasteiger partial charge in [0.15, 0.2) is 0 Å². The molecule has 0 aliphatic carbocycles. The number of nitrogens with zero attached hydrogens (tertiary/aromatic N) is 2. The van der Waals surface area contributed by atoms with Crippen LogP contribution in [-0.2, 0) is 10.8 Å². The SMILES string of the molecule is Cc1cc(C(C)(C)C)cc(C)c1N1c2cc(C(C)C)cc3c2B(c2cc(-c4coc5ccccc45)ccc2N3c2ccc(-c3coc4ccccc34)cc2)c2c1oc1ccc(C(C)(C)C)cc21. The minimum Gasteiger partial charge on any atom is -0.464 e. The largest absolute Gasteiger partial charge is 0.464 e. The van der Waals surface area contributed by atoms with Crippen molar-refractivity contribution in [2.24, 2.45) is 0 Å². The van der Waals surface area contributed by atoms with Crippen molar-refractivity contribution in [3.63, 3.8) is 0 Å². The van der Waals surface area contributed by atoms with Crippen LogP contribution in [0.4, 0.5) is 34.3 Å². The first-order chi connectivity index (χ1) is 32.1. The Bertz CT molecular complexity index is 3600. The van der Waals surface area contributed by atoms with Gasteiger partial charge in [-0.3, -0.25) is 4.90 Å². The molecular weight excluding hydrogens is 819 g/mol. The number of furan rings is 3. The molecule has 0 fully saturated rings.